The number of benzene rings is 1. The zero-order valence-electron chi connectivity index (χ0n) is 11.4. The number of aromatic carboxylic acids is 1. The first-order valence-corrected chi connectivity index (χ1v) is 7.11. The van der Waals surface area contributed by atoms with Gasteiger partial charge in [0.2, 0.25) is 5.78 Å². The number of carboxylic acid groups (broad SMARTS) is 1. The van der Waals surface area contributed by atoms with Crippen LogP contribution >= 0.6 is 11.3 Å². The molecule has 0 aliphatic carbocycles. The SMILES string of the molecule is Cc1c(C(=O)c2ccccc2)sc(-n2cnnn2)c1C(=O)O. The standard InChI is InChI=1S/C14H10N4O3S/c1-8-10(14(20)21)13(18-7-15-16-17-18)22-12(8)11(19)9-5-3-2-4-6-9/h2-7H,1H3,(H,20,21). The van der Waals surface area contributed by atoms with Crippen molar-refractivity contribution in [1.82, 2.24) is 20.2 Å². The highest BCUT2D eigenvalue weighted by atomic mass is 32.1. The van der Waals surface area contributed by atoms with Gasteiger partial charge < -0.3 is 5.11 Å². The van der Waals surface area contributed by atoms with Gasteiger partial charge in [-0.2, -0.15) is 4.68 Å². The van der Waals surface area contributed by atoms with Gasteiger partial charge in [-0.05, 0) is 22.9 Å². The number of nitrogens with zero attached hydrogens (tertiary/aromatic N) is 4. The third-order valence-corrected chi connectivity index (χ3v) is 4.42. The van der Waals surface area contributed by atoms with Gasteiger partial charge in [0.25, 0.3) is 0 Å². The van der Waals surface area contributed by atoms with E-state index >= 15 is 0 Å². The van der Waals surface area contributed by atoms with Crippen LogP contribution in [-0.2, 0) is 0 Å². The fourth-order valence-corrected chi connectivity index (χ4v) is 3.28. The van der Waals surface area contributed by atoms with E-state index in [1.54, 1.807) is 31.2 Å². The van der Waals surface area contributed by atoms with Crippen LogP contribution < -0.4 is 0 Å². The fraction of sp³-hybridized carbons (Fsp3) is 0.0714. The second kappa shape index (κ2) is 5.49. The Balaban J connectivity index is 2.16. The van der Waals surface area contributed by atoms with Gasteiger partial charge in [0.1, 0.15) is 11.3 Å². The minimum Gasteiger partial charge on any atom is -0.478 e. The van der Waals surface area contributed by atoms with Gasteiger partial charge in [0, 0.05) is 5.56 Å². The van der Waals surface area contributed by atoms with Crippen LogP contribution in [0, 0.1) is 6.92 Å². The molecule has 0 aliphatic rings. The van der Waals surface area contributed by atoms with Gasteiger partial charge in [-0.15, -0.1) is 16.4 Å². The molecule has 110 valence electrons. The topological polar surface area (TPSA) is 98.0 Å². The van der Waals surface area contributed by atoms with E-state index in [-0.39, 0.29) is 11.3 Å². The van der Waals surface area contributed by atoms with E-state index in [0.717, 1.165) is 11.3 Å². The first kappa shape index (κ1) is 14.1. The van der Waals surface area contributed by atoms with Crippen LogP contribution in [0.4, 0.5) is 0 Å². The van der Waals surface area contributed by atoms with Gasteiger partial charge in [-0.25, -0.2) is 4.79 Å². The molecule has 0 fully saturated rings. The predicted molar refractivity (Wildman–Crippen MR) is 78.6 cm³/mol. The second-order valence-corrected chi connectivity index (χ2v) is 5.49. The average Bonchev–Trinajstić information content (AvgIpc) is 3.14. The van der Waals surface area contributed by atoms with Gasteiger partial charge >= 0.3 is 5.97 Å². The lowest BCUT2D eigenvalue weighted by atomic mass is 10.0. The van der Waals surface area contributed by atoms with Gasteiger partial charge in [0.05, 0.1) is 10.4 Å². The van der Waals surface area contributed by atoms with E-state index in [1.165, 1.54) is 11.0 Å². The number of ketones is 1. The number of carbonyl (C=O) groups is 2. The third-order valence-electron chi connectivity index (χ3n) is 3.14. The maximum Gasteiger partial charge on any atom is 0.339 e. The molecule has 0 saturated heterocycles. The lowest BCUT2D eigenvalue weighted by Gasteiger charge is -1.99. The Labute approximate surface area is 128 Å². The Bertz CT molecular complexity index is 841. The molecule has 0 unspecified atom stereocenters. The molecular formula is C14H10N4O3S. The van der Waals surface area contributed by atoms with Crippen LogP contribution in [-0.4, -0.2) is 37.1 Å². The van der Waals surface area contributed by atoms with Crippen LogP contribution in [0.2, 0.25) is 0 Å². The summed E-state index contributed by atoms with van der Waals surface area (Å²) in [6, 6.07) is 8.72. The molecule has 0 radical (unpaired) electrons. The molecule has 1 aromatic carbocycles. The van der Waals surface area contributed by atoms with Crippen molar-refractivity contribution in [1.29, 1.82) is 0 Å². The normalized spacial score (nSPS) is 10.6. The van der Waals surface area contributed by atoms with Crippen molar-refractivity contribution in [3.63, 3.8) is 0 Å². The van der Waals surface area contributed by atoms with E-state index < -0.39 is 5.97 Å². The molecule has 8 heteroatoms. The fourth-order valence-electron chi connectivity index (χ4n) is 2.10. The van der Waals surface area contributed by atoms with E-state index in [9.17, 15) is 14.7 Å². The number of tetrazole rings is 1. The van der Waals surface area contributed by atoms with Crippen molar-refractivity contribution in [2.24, 2.45) is 0 Å². The maximum atomic E-state index is 12.6. The summed E-state index contributed by atoms with van der Waals surface area (Å²) in [6.07, 6.45) is 1.30. The van der Waals surface area contributed by atoms with E-state index in [4.69, 9.17) is 0 Å². The van der Waals surface area contributed by atoms with E-state index in [0.29, 0.717) is 21.0 Å². The number of hydrogen-bond acceptors (Lipinski definition) is 6. The molecule has 7 nitrogen and oxygen atoms in total. The van der Waals surface area contributed by atoms with Crippen LogP contribution in [0.15, 0.2) is 36.7 Å². The molecule has 3 aromatic rings. The van der Waals surface area contributed by atoms with Crippen LogP contribution in [0.3, 0.4) is 0 Å². The van der Waals surface area contributed by atoms with Gasteiger partial charge in [-0.3, -0.25) is 4.79 Å². The van der Waals surface area contributed by atoms with Crippen molar-refractivity contribution in [3.05, 3.63) is 58.2 Å². The van der Waals surface area contributed by atoms with Crippen molar-refractivity contribution >= 4 is 23.1 Å². The summed E-state index contributed by atoms with van der Waals surface area (Å²) in [5, 5.41) is 20.5. The highest BCUT2D eigenvalue weighted by molar-refractivity contribution is 7.17. The summed E-state index contributed by atoms with van der Waals surface area (Å²) in [4.78, 5) is 24.5. The largest absolute Gasteiger partial charge is 0.478 e. The van der Waals surface area contributed by atoms with Crippen LogP contribution in [0.1, 0.15) is 31.2 Å². The quantitative estimate of drug-likeness (QED) is 0.739. The van der Waals surface area contributed by atoms with E-state index in [2.05, 4.69) is 15.5 Å². The average molecular weight is 314 g/mol. The number of carboxylic acids is 1. The monoisotopic (exact) mass is 314 g/mol. The van der Waals surface area contributed by atoms with Crippen LogP contribution in [0.25, 0.3) is 5.00 Å². The summed E-state index contributed by atoms with van der Waals surface area (Å²) in [6.45, 7) is 1.62. The second-order valence-electron chi connectivity index (χ2n) is 4.49. The lowest BCUT2D eigenvalue weighted by Crippen LogP contribution is -2.05. The summed E-state index contributed by atoms with van der Waals surface area (Å²) in [5.41, 5.74) is 0.959. The Hall–Kier alpha value is -2.87. The molecule has 2 aromatic heterocycles. The molecule has 2 heterocycles. The molecular weight excluding hydrogens is 304 g/mol. The Morgan fingerprint density at radius 1 is 1.23 bits per heavy atom. The van der Waals surface area contributed by atoms with Gasteiger partial charge in [0.15, 0.2) is 0 Å². The zero-order valence-corrected chi connectivity index (χ0v) is 12.2. The van der Waals surface area contributed by atoms with Gasteiger partial charge in [-0.1, -0.05) is 30.3 Å². The summed E-state index contributed by atoms with van der Waals surface area (Å²) < 4.78 is 1.25. The molecule has 0 atom stereocenters. The molecule has 1 N–H and O–H groups in total. The summed E-state index contributed by atoms with van der Waals surface area (Å²) in [5.74, 6) is -1.34. The number of hydrogen-bond donors (Lipinski definition) is 1. The van der Waals surface area contributed by atoms with E-state index in [1.807, 2.05) is 6.07 Å². The summed E-state index contributed by atoms with van der Waals surface area (Å²) in [7, 11) is 0. The van der Waals surface area contributed by atoms with Crippen LogP contribution in [0.5, 0.6) is 0 Å². The lowest BCUT2D eigenvalue weighted by molar-refractivity contribution is 0.0696. The van der Waals surface area contributed by atoms with Crippen molar-refractivity contribution < 1.29 is 14.7 Å². The molecule has 0 aliphatic heterocycles. The Morgan fingerprint density at radius 2 is 1.95 bits per heavy atom. The summed E-state index contributed by atoms with van der Waals surface area (Å²) >= 11 is 1.07. The number of aromatic nitrogens is 4. The molecule has 22 heavy (non-hydrogen) atoms. The van der Waals surface area contributed by atoms with Crippen molar-refractivity contribution in [2.45, 2.75) is 6.92 Å². The molecule has 3 rings (SSSR count). The van der Waals surface area contributed by atoms with Crippen molar-refractivity contribution in [3.8, 4) is 5.00 Å². The number of carbonyl (C=O) groups excluding carboxylic acids is 1. The maximum absolute atomic E-state index is 12.6. The smallest absolute Gasteiger partial charge is 0.339 e. The molecule has 0 bridgehead atoms. The zero-order chi connectivity index (χ0) is 15.7. The third kappa shape index (κ3) is 2.29. The number of rotatable bonds is 4. The highest BCUT2D eigenvalue weighted by Gasteiger charge is 2.26. The van der Waals surface area contributed by atoms with Crippen molar-refractivity contribution in [2.75, 3.05) is 0 Å². The molecule has 0 spiro atoms. The number of thiophene rings is 1. The Morgan fingerprint density at radius 3 is 2.55 bits per heavy atom. The first-order valence-electron chi connectivity index (χ1n) is 6.29. The molecule has 0 amide bonds. The Kier molecular flexibility index (Phi) is 3.51. The highest BCUT2D eigenvalue weighted by Crippen LogP contribution is 2.32. The molecule has 0 saturated carbocycles. The first-order chi connectivity index (χ1) is 10.6. The minimum absolute atomic E-state index is 0.0385. The minimum atomic E-state index is -1.12. The predicted octanol–water partition coefficient (Wildman–Crippen LogP) is 1.96.